The predicted molar refractivity (Wildman–Crippen MR) is 142 cm³/mol. The number of carboxylic acids is 1. The van der Waals surface area contributed by atoms with E-state index in [9.17, 15) is 29.7 Å². The second kappa shape index (κ2) is 10.4. The zero-order valence-electron chi connectivity index (χ0n) is 24.3. The maximum atomic E-state index is 18.2. The Morgan fingerprint density at radius 3 is 2.40 bits per heavy atom. The molecular formula is C30H43FO9. The van der Waals surface area contributed by atoms with E-state index < -0.39 is 70.8 Å². The molecule has 0 aromatic rings. The molecule has 224 valence electrons. The van der Waals surface area contributed by atoms with Gasteiger partial charge in [0.15, 0.2) is 18.2 Å². The Labute approximate surface area is 234 Å². The van der Waals surface area contributed by atoms with Gasteiger partial charge in [-0.3, -0.25) is 9.59 Å². The molecule has 4 rings (SSSR count). The van der Waals surface area contributed by atoms with E-state index in [-0.39, 0.29) is 23.7 Å². The number of allylic oxidation sites excluding steroid dienone is 2. The maximum Gasteiger partial charge on any atom is 0.509 e. The summed E-state index contributed by atoms with van der Waals surface area (Å²) in [7, 11) is 0. The van der Waals surface area contributed by atoms with Crippen LogP contribution < -0.4 is 0 Å². The van der Waals surface area contributed by atoms with Crippen LogP contribution in [0.15, 0.2) is 23.0 Å². The third-order valence-electron chi connectivity index (χ3n) is 10.7. The summed E-state index contributed by atoms with van der Waals surface area (Å²) in [6.45, 7) is 9.33. The number of alkyl halides is 1. The van der Waals surface area contributed by atoms with Crippen molar-refractivity contribution in [3.8, 4) is 0 Å². The molecule has 0 radical (unpaired) electrons. The number of halogens is 1. The summed E-state index contributed by atoms with van der Waals surface area (Å²) >= 11 is 0. The van der Waals surface area contributed by atoms with E-state index in [1.54, 1.807) is 20.8 Å². The van der Waals surface area contributed by atoms with Crippen molar-refractivity contribution in [2.24, 2.45) is 28.1 Å². The minimum absolute atomic E-state index is 0.0238. The standard InChI is InChI=1S/C30H43FO9/c1-7-11-29(25(35)36)12-10-19-20-9-8-18-13-21(33)24(38-15-32)23(17(4)40-26(37)39-16(2)3)28(18,6)30(20,31)22(34)14-27(19,29)5/h13,16-17,19-20,22,32,34H,7-12,14-15H2,1-6H3,(H,35,36)/t17?,19?,20?,22-,27-,28+,29+,30-/m0/s1. The van der Waals surface area contributed by atoms with Crippen molar-refractivity contribution < 1.29 is 48.3 Å². The molecule has 0 aromatic heterocycles. The van der Waals surface area contributed by atoms with Crippen molar-refractivity contribution in [3.63, 3.8) is 0 Å². The Bertz CT molecular complexity index is 1130. The number of ether oxygens (including phenoxy) is 3. The maximum absolute atomic E-state index is 18.2. The fourth-order valence-corrected chi connectivity index (χ4v) is 9.07. The first-order chi connectivity index (χ1) is 18.6. The van der Waals surface area contributed by atoms with Crippen LogP contribution in [-0.4, -0.2) is 64.0 Å². The van der Waals surface area contributed by atoms with Gasteiger partial charge in [-0.05, 0) is 83.6 Å². The number of aliphatic hydroxyl groups is 2. The summed E-state index contributed by atoms with van der Waals surface area (Å²) < 4.78 is 34.2. The molecule has 8 atom stereocenters. The van der Waals surface area contributed by atoms with Gasteiger partial charge < -0.3 is 29.5 Å². The molecule has 4 aliphatic carbocycles. The molecule has 0 aliphatic heterocycles. The molecule has 0 saturated heterocycles. The summed E-state index contributed by atoms with van der Waals surface area (Å²) in [4.78, 5) is 38.4. The molecule has 9 nitrogen and oxygen atoms in total. The van der Waals surface area contributed by atoms with Gasteiger partial charge in [0.1, 0.15) is 6.10 Å². The van der Waals surface area contributed by atoms with Gasteiger partial charge in [-0.1, -0.05) is 25.8 Å². The molecular weight excluding hydrogens is 523 g/mol. The van der Waals surface area contributed by atoms with Crippen LogP contribution in [0.4, 0.5) is 9.18 Å². The highest BCUT2D eigenvalue weighted by atomic mass is 19.1. The van der Waals surface area contributed by atoms with E-state index in [2.05, 4.69) is 0 Å². The summed E-state index contributed by atoms with van der Waals surface area (Å²) in [6.07, 6.45) is -0.359. The molecule has 3 unspecified atom stereocenters. The Hall–Kier alpha value is -2.46. The van der Waals surface area contributed by atoms with Crippen LogP contribution in [0.5, 0.6) is 0 Å². The summed E-state index contributed by atoms with van der Waals surface area (Å²) in [5.41, 5.74) is -5.41. The van der Waals surface area contributed by atoms with Gasteiger partial charge in [-0.15, -0.1) is 0 Å². The fourth-order valence-electron chi connectivity index (χ4n) is 9.07. The molecule has 3 fully saturated rings. The van der Waals surface area contributed by atoms with E-state index in [0.29, 0.717) is 44.1 Å². The molecule has 0 heterocycles. The monoisotopic (exact) mass is 566 g/mol. The van der Waals surface area contributed by atoms with Crippen LogP contribution in [0, 0.1) is 28.1 Å². The molecule has 0 bridgehead atoms. The summed E-state index contributed by atoms with van der Waals surface area (Å²) in [5.74, 6) is -2.88. The summed E-state index contributed by atoms with van der Waals surface area (Å²) in [6, 6.07) is 0. The first kappa shape index (κ1) is 30.5. The molecule has 0 amide bonds. The van der Waals surface area contributed by atoms with Gasteiger partial charge >= 0.3 is 12.1 Å². The molecule has 0 spiro atoms. The lowest BCUT2D eigenvalue weighted by molar-refractivity contribution is -0.215. The van der Waals surface area contributed by atoms with Crippen molar-refractivity contribution in [2.45, 2.75) is 110 Å². The zero-order valence-corrected chi connectivity index (χ0v) is 24.3. The van der Waals surface area contributed by atoms with Crippen molar-refractivity contribution in [2.75, 3.05) is 6.79 Å². The Kier molecular flexibility index (Phi) is 7.95. The Morgan fingerprint density at radius 1 is 1.15 bits per heavy atom. The van der Waals surface area contributed by atoms with Crippen molar-refractivity contribution in [3.05, 3.63) is 23.0 Å². The van der Waals surface area contributed by atoms with Crippen molar-refractivity contribution in [1.82, 2.24) is 0 Å². The molecule has 3 saturated carbocycles. The van der Waals surface area contributed by atoms with E-state index >= 15 is 4.39 Å². The average molecular weight is 567 g/mol. The highest BCUT2D eigenvalue weighted by molar-refractivity contribution is 6.05. The van der Waals surface area contributed by atoms with Crippen LogP contribution in [0.25, 0.3) is 0 Å². The number of ketones is 1. The lowest BCUT2D eigenvalue weighted by Gasteiger charge is -2.64. The number of rotatable bonds is 8. The second-order valence-electron chi connectivity index (χ2n) is 12.7. The smallest absolute Gasteiger partial charge is 0.481 e. The van der Waals surface area contributed by atoms with Gasteiger partial charge in [0, 0.05) is 11.5 Å². The van der Waals surface area contributed by atoms with Gasteiger partial charge in [0.05, 0.1) is 23.0 Å². The number of carboxylic acid groups (broad SMARTS) is 1. The van der Waals surface area contributed by atoms with Gasteiger partial charge in [-0.2, -0.15) is 0 Å². The number of fused-ring (bicyclic) bond motifs is 5. The topological polar surface area (TPSA) is 140 Å². The highest BCUT2D eigenvalue weighted by Gasteiger charge is 2.76. The number of hydrogen-bond acceptors (Lipinski definition) is 8. The van der Waals surface area contributed by atoms with Crippen LogP contribution in [0.1, 0.15) is 86.5 Å². The van der Waals surface area contributed by atoms with Gasteiger partial charge in [0.2, 0.25) is 5.78 Å². The van der Waals surface area contributed by atoms with Crippen molar-refractivity contribution in [1.29, 1.82) is 0 Å². The van der Waals surface area contributed by atoms with Crippen LogP contribution in [0.3, 0.4) is 0 Å². The molecule has 0 aromatic carbocycles. The van der Waals surface area contributed by atoms with Crippen molar-refractivity contribution >= 4 is 17.9 Å². The molecule has 40 heavy (non-hydrogen) atoms. The SMILES string of the molecule is CCC[C@]1(C(=O)O)CCC2C3CCC4=CC(=O)C(OCO)=C(C(C)OC(=O)OC(C)C)[C@]4(C)[C@@]3(F)[C@@H](O)C[C@@]21C. The predicted octanol–water partition coefficient (Wildman–Crippen LogP) is 4.84. The molecule has 10 heteroatoms. The van der Waals surface area contributed by atoms with Crippen LogP contribution >= 0.6 is 0 Å². The Balaban J connectivity index is 1.87. The van der Waals surface area contributed by atoms with E-state index in [1.807, 2.05) is 13.8 Å². The number of carbonyl (C=O) groups is 3. The average Bonchev–Trinajstić information content (AvgIpc) is 3.13. The lowest BCUT2D eigenvalue weighted by Crippen LogP contribution is -2.69. The minimum Gasteiger partial charge on any atom is -0.481 e. The van der Waals surface area contributed by atoms with Gasteiger partial charge in [-0.25, -0.2) is 9.18 Å². The fraction of sp³-hybridized carbons (Fsp3) is 0.767. The number of aliphatic carboxylic acids is 1. The largest absolute Gasteiger partial charge is 0.509 e. The molecule has 3 N–H and O–H groups in total. The third-order valence-corrected chi connectivity index (χ3v) is 10.7. The van der Waals surface area contributed by atoms with Crippen LogP contribution in [-0.2, 0) is 23.8 Å². The number of hydrogen-bond donors (Lipinski definition) is 3. The molecule has 4 aliphatic rings. The minimum atomic E-state index is -2.33. The lowest BCUT2D eigenvalue weighted by atomic mass is 9.42. The summed E-state index contributed by atoms with van der Waals surface area (Å²) in [5, 5.41) is 31.9. The highest BCUT2D eigenvalue weighted by Crippen LogP contribution is 2.73. The van der Waals surface area contributed by atoms with E-state index in [1.165, 1.54) is 13.0 Å². The Morgan fingerprint density at radius 2 is 1.82 bits per heavy atom. The van der Waals surface area contributed by atoms with E-state index in [0.717, 1.165) is 0 Å². The van der Waals surface area contributed by atoms with Gasteiger partial charge in [0.25, 0.3) is 0 Å². The first-order valence-corrected chi connectivity index (χ1v) is 14.4. The second-order valence-corrected chi connectivity index (χ2v) is 12.7. The zero-order chi connectivity index (χ0) is 29.8. The van der Waals surface area contributed by atoms with E-state index in [4.69, 9.17) is 14.2 Å². The van der Waals surface area contributed by atoms with Crippen LogP contribution in [0.2, 0.25) is 0 Å². The number of aliphatic hydroxyl groups excluding tert-OH is 2. The normalized spacial score (nSPS) is 39.6. The quantitative estimate of drug-likeness (QED) is 0.278. The number of carbonyl (C=O) groups excluding carboxylic acids is 2. The first-order valence-electron chi connectivity index (χ1n) is 14.4. The third kappa shape index (κ3) is 4.03.